The molecule has 100 valence electrons. The molecule has 1 aromatic heterocycles. The third kappa shape index (κ3) is 3.47. The van der Waals surface area contributed by atoms with Crippen LogP contribution in [0.1, 0.15) is 5.69 Å². The summed E-state index contributed by atoms with van der Waals surface area (Å²) in [5, 5.41) is 0.887. The lowest BCUT2D eigenvalue weighted by molar-refractivity contribution is 0.181. The Labute approximate surface area is 137 Å². The van der Waals surface area contributed by atoms with E-state index in [1.165, 1.54) is 0 Å². The molecule has 0 bridgehead atoms. The monoisotopic (exact) mass is 424 g/mol. The van der Waals surface area contributed by atoms with Crippen molar-refractivity contribution in [1.29, 1.82) is 0 Å². The Bertz CT molecular complexity index is 623. The molecule has 2 rings (SSSR count). The minimum atomic E-state index is 0.327. The Morgan fingerprint density at radius 2 is 1.95 bits per heavy atom. The van der Waals surface area contributed by atoms with E-state index in [4.69, 9.17) is 27.9 Å². The molecule has 0 N–H and O–H groups in total. The van der Waals surface area contributed by atoms with Crippen LogP contribution in [0.25, 0.3) is 11.4 Å². The molecule has 0 spiro atoms. The molecular weight excluding hydrogens is 419 g/mol. The van der Waals surface area contributed by atoms with Crippen LogP contribution in [0.3, 0.4) is 0 Å². The number of aromatic nitrogens is 2. The quantitative estimate of drug-likeness (QED) is 0.639. The highest BCUT2D eigenvalue weighted by Gasteiger charge is 2.14. The van der Waals surface area contributed by atoms with Crippen molar-refractivity contribution in [1.82, 2.24) is 9.97 Å². The molecule has 3 nitrogen and oxygen atoms in total. The van der Waals surface area contributed by atoms with Crippen molar-refractivity contribution in [2.24, 2.45) is 0 Å². The number of rotatable bonds is 3. The second-order valence-corrected chi connectivity index (χ2v) is 6.13. The number of methoxy groups -OCH3 is 1. The van der Waals surface area contributed by atoms with Crippen LogP contribution in [0.4, 0.5) is 0 Å². The summed E-state index contributed by atoms with van der Waals surface area (Å²) in [6.45, 7) is 0.335. The molecule has 0 amide bonds. The number of hydrogen-bond acceptors (Lipinski definition) is 3. The van der Waals surface area contributed by atoms with Crippen LogP contribution in [0.15, 0.2) is 27.1 Å². The third-order valence-corrected chi connectivity index (χ3v) is 4.49. The van der Waals surface area contributed by atoms with Gasteiger partial charge in [0.15, 0.2) is 5.82 Å². The van der Waals surface area contributed by atoms with Gasteiger partial charge in [-0.1, -0.05) is 39.1 Å². The van der Waals surface area contributed by atoms with Crippen LogP contribution in [0.5, 0.6) is 0 Å². The van der Waals surface area contributed by atoms with Crippen molar-refractivity contribution in [2.75, 3.05) is 7.11 Å². The first kappa shape index (κ1) is 15.2. The normalized spacial score (nSPS) is 10.8. The lowest BCUT2D eigenvalue weighted by Gasteiger charge is -2.09. The van der Waals surface area contributed by atoms with Crippen molar-refractivity contribution in [3.05, 3.63) is 43.0 Å². The fourth-order valence-electron chi connectivity index (χ4n) is 1.48. The van der Waals surface area contributed by atoms with Crippen LogP contribution in [-0.2, 0) is 11.3 Å². The van der Waals surface area contributed by atoms with Gasteiger partial charge in [-0.05, 0) is 34.1 Å². The standard InChI is InChI=1S/C12H8Br2Cl2N2O/c1-19-5-9-10(14)11(16)18-12(17-9)7-4-6(13)2-3-8(7)15/h2-4H,5H2,1H3. The predicted molar refractivity (Wildman–Crippen MR) is 83.6 cm³/mol. The van der Waals surface area contributed by atoms with E-state index in [1.54, 1.807) is 13.2 Å². The summed E-state index contributed by atoms with van der Waals surface area (Å²) in [6.07, 6.45) is 0. The predicted octanol–water partition coefficient (Wildman–Crippen LogP) is 5.12. The summed E-state index contributed by atoms with van der Waals surface area (Å²) in [4.78, 5) is 8.66. The van der Waals surface area contributed by atoms with Crippen LogP contribution in [0.2, 0.25) is 10.2 Å². The summed E-state index contributed by atoms with van der Waals surface area (Å²) >= 11 is 19.0. The Morgan fingerprint density at radius 3 is 2.63 bits per heavy atom. The topological polar surface area (TPSA) is 35.0 Å². The van der Waals surface area contributed by atoms with Crippen molar-refractivity contribution in [3.63, 3.8) is 0 Å². The third-order valence-electron chi connectivity index (χ3n) is 2.33. The molecule has 0 aliphatic heterocycles. The minimum absolute atomic E-state index is 0.327. The summed E-state index contributed by atoms with van der Waals surface area (Å²) in [7, 11) is 1.59. The van der Waals surface area contributed by atoms with Gasteiger partial charge in [0, 0.05) is 17.1 Å². The van der Waals surface area contributed by atoms with E-state index in [9.17, 15) is 0 Å². The number of benzene rings is 1. The highest BCUT2D eigenvalue weighted by Crippen LogP contribution is 2.32. The summed E-state index contributed by atoms with van der Waals surface area (Å²) < 4.78 is 6.61. The largest absolute Gasteiger partial charge is 0.378 e. The fourth-order valence-corrected chi connectivity index (χ4v) is 2.53. The lowest BCUT2D eigenvalue weighted by atomic mass is 10.2. The molecule has 0 unspecified atom stereocenters. The molecule has 1 aromatic carbocycles. The van der Waals surface area contributed by atoms with E-state index < -0.39 is 0 Å². The average Bonchev–Trinajstić information content (AvgIpc) is 2.38. The number of ether oxygens (including phenoxy) is 1. The molecule has 7 heteroatoms. The van der Waals surface area contributed by atoms with Crippen LogP contribution in [0, 0.1) is 0 Å². The van der Waals surface area contributed by atoms with Gasteiger partial charge in [-0.25, -0.2) is 9.97 Å². The Morgan fingerprint density at radius 1 is 1.21 bits per heavy atom. The average molecular weight is 427 g/mol. The summed E-state index contributed by atoms with van der Waals surface area (Å²) in [6, 6.07) is 5.47. The molecule has 0 saturated carbocycles. The van der Waals surface area contributed by atoms with E-state index in [0.29, 0.717) is 38.3 Å². The highest BCUT2D eigenvalue weighted by molar-refractivity contribution is 9.10. The Kier molecular flexibility index (Phi) is 5.20. The van der Waals surface area contributed by atoms with Gasteiger partial charge in [0.25, 0.3) is 0 Å². The van der Waals surface area contributed by atoms with E-state index >= 15 is 0 Å². The zero-order chi connectivity index (χ0) is 14.0. The molecular formula is C12H8Br2Cl2N2O. The minimum Gasteiger partial charge on any atom is -0.378 e. The lowest BCUT2D eigenvalue weighted by Crippen LogP contribution is -2.00. The van der Waals surface area contributed by atoms with Crippen molar-refractivity contribution < 1.29 is 4.74 Å². The van der Waals surface area contributed by atoms with Gasteiger partial charge >= 0.3 is 0 Å². The zero-order valence-corrected chi connectivity index (χ0v) is 14.4. The van der Waals surface area contributed by atoms with Gasteiger partial charge in [0.1, 0.15) is 5.15 Å². The molecule has 0 radical (unpaired) electrons. The molecule has 1 heterocycles. The molecule has 0 saturated heterocycles. The van der Waals surface area contributed by atoms with E-state index in [2.05, 4.69) is 41.8 Å². The summed E-state index contributed by atoms with van der Waals surface area (Å²) in [5.41, 5.74) is 1.39. The Balaban J connectivity index is 2.59. The van der Waals surface area contributed by atoms with Gasteiger partial charge in [0.2, 0.25) is 0 Å². The second kappa shape index (κ2) is 6.50. The fraction of sp³-hybridized carbons (Fsp3) is 0.167. The molecule has 0 atom stereocenters. The van der Waals surface area contributed by atoms with Gasteiger partial charge in [-0.3, -0.25) is 0 Å². The molecule has 2 aromatic rings. The number of nitrogens with zero attached hydrogens (tertiary/aromatic N) is 2. The second-order valence-electron chi connectivity index (χ2n) is 3.66. The van der Waals surface area contributed by atoms with Crippen LogP contribution < -0.4 is 0 Å². The first-order valence-corrected chi connectivity index (χ1v) is 7.53. The van der Waals surface area contributed by atoms with Crippen LogP contribution in [-0.4, -0.2) is 17.1 Å². The van der Waals surface area contributed by atoms with Gasteiger partial charge in [-0.2, -0.15) is 0 Å². The zero-order valence-electron chi connectivity index (χ0n) is 9.75. The van der Waals surface area contributed by atoms with Crippen molar-refractivity contribution in [2.45, 2.75) is 6.61 Å². The van der Waals surface area contributed by atoms with Gasteiger partial charge in [0.05, 0.1) is 21.8 Å². The molecule has 0 aliphatic carbocycles. The smallest absolute Gasteiger partial charge is 0.162 e. The Hall–Kier alpha value is -0.200. The first-order chi connectivity index (χ1) is 9.02. The number of hydrogen-bond donors (Lipinski definition) is 0. The van der Waals surface area contributed by atoms with E-state index in [1.807, 2.05) is 12.1 Å². The first-order valence-electron chi connectivity index (χ1n) is 5.19. The van der Waals surface area contributed by atoms with Gasteiger partial charge < -0.3 is 4.74 Å². The summed E-state index contributed by atoms with van der Waals surface area (Å²) in [5.74, 6) is 0.464. The maximum absolute atomic E-state index is 6.17. The SMILES string of the molecule is COCc1nc(-c2cc(Br)ccc2Cl)nc(Cl)c1Br. The number of halogens is 4. The van der Waals surface area contributed by atoms with Crippen molar-refractivity contribution in [3.8, 4) is 11.4 Å². The van der Waals surface area contributed by atoms with Crippen molar-refractivity contribution >= 4 is 55.1 Å². The van der Waals surface area contributed by atoms with Crippen LogP contribution >= 0.6 is 55.1 Å². The highest BCUT2D eigenvalue weighted by atomic mass is 79.9. The van der Waals surface area contributed by atoms with Gasteiger partial charge in [-0.15, -0.1) is 0 Å². The van der Waals surface area contributed by atoms with E-state index in [-0.39, 0.29) is 0 Å². The maximum atomic E-state index is 6.17. The molecule has 0 fully saturated rings. The van der Waals surface area contributed by atoms with E-state index in [0.717, 1.165) is 4.47 Å². The molecule has 19 heavy (non-hydrogen) atoms. The molecule has 0 aliphatic rings. The maximum Gasteiger partial charge on any atom is 0.162 e.